The number of ether oxygens (including phenoxy) is 1. The van der Waals surface area contributed by atoms with Crippen LogP contribution in [0.3, 0.4) is 0 Å². The molecule has 1 atom stereocenters. The number of nitro groups is 1. The molecule has 1 aromatic heterocycles. The van der Waals surface area contributed by atoms with Gasteiger partial charge in [-0.05, 0) is 29.8 Å². The van der Waals surface area contributed by atoms with Crippen LogP contribution in [0.4, 0.5) is 11.6 Å². The summed E-state index contributed by atoms with van der Waals surface area (Å²) in [5, 5.41) is 14.2. The number of hydrogen-bond donors (Lipinski definition) is 1. The number of rotatable bonds is 7. The molecule has 0 aliphatic rings. The molecule has 0 radical (unpaired) electrons. The monoisotopic (exact) mass is 378 g/mol. The number of benzene rings is 2. The SMILES string of the molecule is CCC(=O)Oc1ccccc1C(Nc1ncccn1)c1ccc([N+](=O)[O-])cc1. The fourth-order valence-corrected chi connectivity index (χ4v) is 2.64. The van der Waals surface area contributed by atoms with Crippen molar-refractivity contribution in [1.29, 1.82) is 0 Å². The molecule has 1 heterocycles. The number of nitro benzene ring substituents is 1. The van der Waals surface area contributed by atoms with Crippen molar-refractivity contribution in [3.63, 3.8) is 0 Å². The number of nitrogens with zero attached hydrogens (tertiary/aromatic N) is 3. The van der Waals surface area contributed by atoms with Crippen molar-refractivity contribution in [2.45, 2.75) is 19.4 Å². The largest absolute Gasteiger partial charge is 0.426 e. The molecule has 142 valence electrons. The zero-order chi connectivity index (χ0) is 19.9. The number of carbonyl (C=O) groups excluding carboxylic acids is 1. The molecule has 0 amide bonds. The summed E-state index contributed by atoms with van der Waals surface area (Å²) in [6.45, 7) is 1.72. The lowest BCUT2D eigenvalue weighted by Crippen LogP contribution is -2.17. The highest BCUT2D eigenvalue weighted by molar-refractivity contribution is 5.72. The summed E-state index contributed by atoms with van der Waals surface area (Å²) in [6.07, 6.45) is 3.45. The minimum atomic E-state index is -0.482. The first-order chi connectivity index (χ1) is 13.6. The summed E-state index contributed by atoms with van der Waals surface area (Å²) in [7, 11) is 0. The fraction of sp³-hybridized carbons (Fsp3) is 0.150. The Labute approximate surface area is 161 Å². The van der Waals surface area contributed by atoms with Crippen molar-refractivity contribution in [1.82, 2.24) is 9.97 Å². The van der Waals surface area contributed by atoms with Crippen molar-refractivity contribution in [3.8, 4) is 5.75 Å². The molecule has 0 spiro atoms. The minimum absolute atomic E-state index is 0.0100. The van der Waals surface area contributed by atoms with Gasteiger partial charge in [-0.25, -0.2) is 9.97 Å². The van der Waals surface area contributed by atoms with Gasteiger partial charge in [-0.2, -0.15) is 0 Å². The Balaban J connectivity index is 2.04. The average molecular weight is 378 g/mol. The quantitative estimate of drug-likeness (QED) is 0.287. The minimum Gasteiger partial charge on any atom is -0.426 e. The Morgan fingerprint density at radius 3 is 2.43 bits per heavy atom. The predicted molar refractivity (Wildman–Crippen MR) is 103 cm³/mol. The molecule has 0 bridgehead atoms. The van der Waals surface area contributed by atoms with E-state index in [0.29, 0.717) is 17.3 Å². The lowest BCUT2D eigenvalue weighted by molar-refractivity contribution is -0.384. The van der Waals surface area contributed by atoms with E-state index >= 15 is 0 Å². The zero-order valence-corrected chi connectivity index (χ0v) is 15.1. The Morgan fingerprint density at radius 1 is 1.11 bits per heavy atom. The van der Waals surface area contributed by atoms with E-state index in [4.69, 9.17) is 4.74 Å². The van der Waals surface area contributed by atoms with Gasteiger partial charge >= 0.3 is 5.97 Å². The molecule has 3 aromatic rings. The molecule has 0 aliphatic heterocycles. The molecule has 0 saturated carbocycles. The topological polar surface area (TPSA) is 107 Å². The number of para-hydroxylation sites is 1. The standard InChI is InChI=1S/C20H18N4O4/c1-2-18(25)28-17-7-4-3-6-16(17)19(23-20-21-12-5-13-22-20)14-8-10-15(11-9-14)24(26)27/h3-13,19H,2H2,1H3,(H,21,22,23). The van der Waals surface area contributed by atoms with Gasteiger partial charge in [-0.15, -0.1) is 0 Å². The van der Waals surface area contributed by atoms with Crippen LogP contribution in [0.5, 0.6) is 5.75 Å². The number of non-ortho nitro benzene ring substituents is 1. The lowest BCUT2D eigenvalue weighted by Gasteiger charge is -2.22. The maximum Gasteiger partial charge on any atom is 0.310 e. The van der Waals surface area contributed by atoms with Crippen LogP contribution in [0.25, 0.3) is 0 Å². The molecule has 1 N–H and O–H groups in total. The number of anilines is 1. The molecular weight excluding hydrogens is 360 g/mol. The van der Waals surface area contributed by atoms with E-state index in [-0.39, 0.29) is 18.1 Å². The van der Waals surface area contributed by atoms with Gasteiger partial charge in [-0.1, -0.05) is 25.1 Å². The van der Waals surface area contributed by atoms with Crippen molar-refractivity contribution in [3.05, 3.63) is 88.2 Å². The van der Waals surface area contributed by atoms with Crippen LogP contribution >= 0.6 is 0 Å². The van der Waals surface area contributed by atoms with Crippen LogP contribution < -0.4 is 10.1 Å². The van der Waals surface area contributed by atoms with Crippen molar-refractivity contribution < 1.29 is 14.5 Å². The maximum absolute atomic E-state index is 11.8. The Bertz CT molecular complexity index is 961. The molecular formula is C20H18N4O4. The van der Waals surface area contributed by atoms with Crippen LogP contribution in [0, 0.1) is 10.1 Å². The van der Waals surface area contributed by atoms with E-state index in [9.17, 15) is 14.9 Å². The first-order valence-electron chi connectivity index (χ1n) is 8.66. The number of aromatic nitrogens is 2. The second kappa shape index (κ2) is 8.72. The Hall–Kier alpha value is -3.81. The molecule has 8 nitrogen and oxygen atoms in total. The first kappa shape index (κ1) is 19.0. The number of carbonyl (C=O) groups is 1. The summed E-state index contributed by atoms with van der Waals surface area (Å²) in [5.74, 6) is 0.425. The van der Waals surface area contributed by atoms with Gasteiger partial charge in [0, 0.05) is 36.5 Å². The molecule has 28 heavy (non-hydrogen) atoms. The third-order valence-electron chi connectivity index (χ3n) is 4.02. The molecule has 0 aliphatic carbocycles. The van der Waals surface area contributed by atoms with Crippen LogP contribution in [0.1, 0.15) is 30.5 Å². The molecule has 1 unspecified atom stereocenters. The van der Waals surface area contributed by atoms with Crippen LogP contribution in [-0.2, 0) is 4.79 Å². The Kier molecular flexibility index (Phi) is 5.91. The second-order valence-corrected chi connectivity index (χ2v) is 5.86. The van der Waals surface area contributed by atoms with Crippen LogP contribution in [0.2, 0.25) is 0 Å². The summed E-state index contributed by atoms with van der Waals surface area (Å²) < 4.78 is 5.47. The van der Waals surface area contributed by atoms with Gasteiger partial charge in [0.1, 0.15) is 5.75 Å². The zero-order valence-electron chi connectivity index (χ0n) is 15.1. The third kappa shape index (κ3) is 4.47. The summed E-state index contributed by atoms with van der Waals surface area (Å²) in [4.78, 5) is 30.7. The highest BCUT2D eigenvalue weighted by Crippen LogP contribution is 2.33. The third-order valence-corrected chi connectivity index (χ3v) is 4.02. The molecule has 3 rings (SSSR count). The molecule has 0 saturated heterocycles. The van der Waals surface area contributed by atoms with Gasteiger partial charge in [0.05, 0.1) is 11.0 Å². The van der Waals surface area contributed by atoms with E-state index < -0.39 is 11.0 Å². The van der Waals surface area contributed by atoms with Crippen molar-refractivity contribution in [2.24, 2.45) is 0 Å². The molecule has 8 heteroatoms. The van der Waals surface area contributed by atoms with Crippen molar-refractivity contribution in [2.75, 3.05) is 5.32 Å². The van der Waals surface area contributed by atoms with E-state index in [0.717, 1.165) is 5.56 Å². The van der Waals surface area contributed by atoms with Gasteiger partial charge in [0.25, 0.3) is 5.69 Å². The molecule has 2 aromatic carbocycles. The average Bonchev–Trinajstić information content (AvgIpc) is 2.73. The highest BCUT2D eigenvalue weighted by Gasteiger charge is 2.21. The van der Waals surface area contributed by atoms with Gasteiger partial charge in [-0.3, -0.25) is 14.9 Å². The number of hydrogen-bond acceptors (Lipinski definition) is 7. The first-order valence-corrected chi connectivity index (χ1v) is 8.66. The van der Waals surface area contributed by atoms with E-state index in [1.54, 1.807) is 49.6 Å². The van der Waals surface area contributed by atoms with Crippen molar-refractivity contribution >= 4 is 17.6 Å². The van der Waals surface area contributed by atoms with Gasteiger partial charge < -0.3 is 10.1 Å². The van der Waals surface area contributed by atoms with E-state index in [1.807, 2.05) is 12.1 Å². The number of esters is 1. The highest BCUT2D eigenvalue weighted by atomic mass is 16.6. The number of nitrogens with one attached hydrogen (secondary N) is 1. The lowest BCUT2D eigenvalue weighted by atomic mass is 9.97. The van der Waals surface area contributed by atoms with Crippen LogP contribution in [-0.4, -0.2) is 20.9 Å². The Morgan fingerprint density at radius 2 is 1.79 bits per heavy atom. The summed E-state index contributed by atoms with van der Waals surface area (Å²) in [6, 6.07) is 14.5. The van der Waals surface area contributed by atoms with E-state index in [1.165, 1.54) is 12.1 Å². The summed E-state index contributed by atoms with van der Waals surface area (Å²) >= 11 is 0. The van der Waals surface area contributed by atoms with Gasteiger partial charge in [0.2, 0.25) is 5.95 Å². The fourth-order valence-electron chi connectivity index (χ4n) is 2.64. The van der Waals surface area contributed by atoms with E-state index in [2.05, 4.69) is 15.3 Å². The smallest absolute Gasteiger partial charge is 0.310 e. The normalized spacial score (nSPS) is 11.5. The van der Waals surface area contributed by atoms with Crippen LogP contribution in [0.15, 0.2) is 67.0 Å². The van der Waals surface area contributed by atoms with Gasteiger partial charge in [0.15, 0.2) is 0 Å². The second-order valence-electron chi connectivity index (χ2n) is 5.86. The maximum atomic E-state index is 11.8. The predicted octanol–water partition coefficient (Wildman–Crippen LogP) is 3.90. The molecule has 0 fully saturated rings. The summed E-state index contributed by atoms with van der Waals surface area (Å²) in [5.41, 5.74) is 1.41.